The second-order valence-electron chi connectivity index (χ2n) is 5.66. The van der Waals surface area contributed by atoms with Gasteiger partial charge < -0.3 is 15.4 Å². The Morgan fingerprint density at radius 2 is 1.60 bits per heavy atom. The summed E-state index contributed by atoms with van der Waals surface area (Å²) in [6.45, 7) is 3.26. The molecule has 0 aliphatic carbocycles. The first-order valence-electron chi connectivity index (χ1n) is 8.09. The molecule has 0 saturated heterocycles. The van der Waals surface area contributed by atoms with Crippen LogP contribution in [0.1, 0.15) is 53.8 Å². The number of esters is 1. The molecular weight excluding hydrogens is 324 g/mol. The van der Waals surface area contributed by atoms with Gasteiger partial charge in [-0.05, 0) is 38.3 Å². The molecule has 0 radical (unpaired) electrons. The van der Waals surface area contributed by atoms with Crippen molar-refractivity contribution in [1.29, 1.82) is 0 Å². The molecule has 7 heteroatoms. The van der Waals surface area contributed by atoms with Crippen LogP contribution in [0, 0.1) is 0 Å². The van der Waals surface area contributed by atoms with Gasteiger partial charge in [0.2, 0.25) is 5.91 Å². The van der Waals surface area contributed by atoms with Crippen molar-refractivity contribution in [2.24, 2.45) is 0 Å². The van der Waals surface area contributed by atoms with E-state index < -0.39 is 12.0 Å². The number of hydrogen-bond donors (Lipinski definition) is 2. The number of carbonyl (C=O) groups is 4. The van der Waals surface area contributed by atoms with Crippen molar-refractivity contribution < 1.29 is 23.9 Å². The Labute approximate surface area is 147 Å². The van der Waals surface area contributed by atoms with E-state index in [1.165, 1.54) is 21.0 Å². The number of Topliss-reactive ketones (excluding diaryl/α,β-unsaturated/α-hetero) is 1. The zero-order valence-corrected chi connectivity index (χ0v) is 14.8. The first-order valence-corrected chi connectivity index (χ1v) is 8.09. The van der Waals surface area contributed by atoms with Gasteiger partial charge in [-0.15, -0.1) is 0 Å². The van der Waals surface area contributed by atoms with Crippen LogP contribution >= 0.6 is 0 Å². The van der Waals surface area contributed by atoms with Gasteiger partial charge in [0.05, 0.1) is 7.11 Å². The number of carbonyl (C=O) groups excluding carboxylic acids is 4. The van der Waals surface area contributed by atoms with Crippen LogP contribution in [0.3, 0.4) is 0 Å². The topological polar surface area (TPSA) is 102 Å². The van der Waals surface area contributed by atoms with Gasteiger partial charge in [-0.1, -0.05) is 12.1 Å². The molecule has 2 N–H and O–H groups in total. The highest BCUT2D eigenvalue weighted by atomic mass is 16.5. The van der Waals surface area contributed by atoms with Crippen LogP contribution in [0.4, 0.5) is 0 Å². The first-order chi connectivity index (χ1) is 11.8. The molecule has 0 aromatic heterocycles. The average Bonchev–Trinajstić information content (AvgIpc) is 2.59. The summed E-state index contributed by atoms with van der Waals surface area (Å²) in [4.78, 5) is 45.8. The van der Waals surface area contributed by atoms with E-state index in [-0.39, 0.29) is 17.6 Å². The summed E-state index contributed by atoms with van der Waals surface area (Å²) < 4.78 is 4.65. The van der Waals surface area contributed by atoms with E-state index >= 15 is 0 Å². The van der Waals surface area contributed by atoms with Gasteiger partial charge in [-0.25, -0.2) is 4.79 Å². The van der Waals surface area contributed by atoms with Gasteiger partial charge >= 0.3 is 5.97 Å². The number of ketones is 1. The number of amides is 2. The van der Waals surface area contributed by atoms with Crippen LogP contribution in [-0.4, -0.2) is 43.3 Å². The molecule has 136 valence electrons. The second-order valence-corrected chi connectivity index (χ2v) is 5.66. The zero-order valence-electron chi connectivity index (χ0n) is 14.8. The largest absolute Gasteiger partial charge is 0.467 e. The lowest BCUT2D eigenvalue weighted by atomic mass is 10.1. The number of nitrogens with one attached hydrogen (secondary N) is 2. The van der Waals surface area contributed by atoms with Crippen molar-refractivity contribution in [2.75, 3.05) is 13.7 Å². The van der Waals surface area contributed by atoms with Gasteiger partial charge in [-0.2, -0.15) is 0 Å². The highest BCUT2D eigenvalue weighted by molar-refractivity contribution is 5.97. The summed E-state index contributed by atoms with van der Waals surface area (Å²) in [5, 5.41) is 5.32. The summed E-state index contributed by atoms with van der Waals surface area (Å²) in [5.74, 6) is -1.05. The Bertz CT molecular complexity index is 625. The minimum Gasteiger partial charge on any atom is -0.467 e. The summed E-state index contributed by atoms with van der Waals surface area (Å²) in [7, 11) is 1.27. The quantitative estimate of drug-likeness (QED) is 0.400. The lowest BCUT2D eigenvalue weighted by Gasteiger charge is -2.15. The van der Waals surface area contributed by atoms with E-state index in [0.717, 1.165) is 0 Å². The SMILES string of the molecule is COC(=O)[C@H](CCCCNC(=O)c1ccc(C(C)=O)cc1)NC(C)=O. The molecule has 0 saturated carbocycles. The zero-order chi connectivity index (χ0) is 18.8. The molecule has 0 aliphatic rings. The molecule has 1 aromatic rings. The first kappa shape index (κ1) is 20.3. The Morgan fingerprint density at radius 1 is 1.00 bits per heavy atom. The third kappa shape index (κ3) is 7.15. The number of benzene rings is 1. The minimum atomic E-state index is -0.669. The number of hydrogen-bond acceptors (Lipinski definition) is 5. The molecular formula is C18H24N2O5. The highest BCUT2D eigenvalue weighted by Crippen LogP contribution is 2.06. The van der Waals surface area contributed by atoms with E-state index in [0.29, 0.717) is 36.9 Å². The third-order valence-electron chi connectivity index (χ3n) is 3.62. The Morgan fingerprint density at radius 3 is 2.12 bits per heavy atom. The fourth-order valence-electron chi connectivity index (χ4n) is 2.27. The molecule has 0 heterocycles. The van der Waals surface area contributed by atoms with E-state index in [1.807, 2.05) is 0 Å². The predicted molar refractivity (Wildman–Crippen MR) is 92.3 cm³/mol. The van der Waals surface area contributed by atoms with E-state index in [2.05, 4.69) is 15.4 Å². The number of ether oxygens (including phenoxy) is 1. The standard InChI is InChI=1S/C18H24N2O5/c1-12(21)14-7-9-15(10-8-14)17(23)19-11-5-4-6-16(18(24)25-3)20-13(2)22/h7-10,16H,4-6,11H2,1-3H3,(H,19,23)(H,20,22)/t16-/m0/s1. The molecule has 1 aromatic carbocycles. The van der Waals surface area contributed by atoms with Crippen LogP contribution in [0.2, 0.25) is 0 Å². The van der Waals surface area contributed by atoms with E-state index in [1.54, 1.807) is 24.3 Å². The van der Waals surface area contributed by atoms with Gasteiger partial charge in [0.15, 0.2) is 5.78 Å². The van der Waals surface area contributed by atoms with Gasteiger partial charge in [-0.3, -0.25) is 14.4 Å². The number of unbranched alkanes of at least 4 members (excludes halogenated alkanes) is 1. The third-order valence-corrected chi connectivity index (χ3v) is 3.62. The van der Waals surface area contributed by atoms with Crippen LogP contribution in [0.5, 0.6) is 0 Å². The Kier molecular flexibility index (Phi) is 8.32. The van der Waals surface area contributed by atoms with Crippen molar-refractivity contribution >= 4 is 23.6 Å². The van der Waals surface area contributed by atoms with Crippen molar-refractivity contribution in [3.63, 3.8) is 0 Å². The Hall–Kier alpha value is -2.70. The average molecular weight is 348 g/mol. The highest BCUT2D eigenvalue weighted by Gasteiger charge is 2.19. The molecule has 0 spiro atoms. The molecule has 0 unspecified atom stereocenters. The molecule has 0 bridgehead atoms. The molecule has 1 rings (SSSR count). The summed E-state index contributed by atoms with van der Waals surface area (Å²) in [6, 6.07) is 5.78. The summed E-state index contributed by atoms with van der Waals surface area (Å²) in [6.07, 6.45) is 1.74. The van der Waals surface area contributed by atoms with Crippen LogP contribution in [0.15, 0.2) is 24.3 Å². The maximum Gasteiger partial charge on any atom is 0.328 e. The maximum atomic E-state index is 12.0. The van der Waals surface area contributed by atoms with Gasteiger partial charge in [0.1, 0.15) is 6.04 Å². The van der Waals surface area contributed by atoms with Gasteiger partial charge in [0, 0.05) is 24.6 Å². The second kappa shape index (κ2) is 10.2. The van der Waals surface area contributed by atoms with Crippen molar-refractivity contribution in [1.82, 2.24) is 10.6 Å². The van der Waals surface area contributed by atoms with Gasteiger partial charge in [0.25, 0.3) is 5.91 Å². The monoisotopic (exact) mass is 348 g/mol. The fourth-order valence-corrected chi connectivity index (χ4v) is 2.27. The lowest BCUT2D eigenvalue weighted by Crippen LogP contribution is -2.40. The van der Waals surface area contributed by atoms with Crippen molar-refractivity contribution in [3.8, 4) is 0 Å². The van der Waals surface area contributed by atoms with Crippen molar-refractivity contribution in [2.45, 2.75) is 39.2 Å². The minimum absolute atomic E-state index is 0.0497. The lowest BCUT2D eigenvalue weighted by molar-refractivity contribution is -0.145. The van der Waals surface area contributed by atoms with Crippen molar-refractivity contribution in [3.05, 3.63) is 35.4 Å². The molecule has 7 nitrogen and oxygen atoms in total. The fraction of sp³-hybridized carbons (Fsp3) is 0.444. The summed E-state index contributed by atoms with van der Waals surface area (Å²) in [5.41, 5.74) is 1.04. The van der Waals surface area contributed by atoms with Crippen LogP contribution < -0.4 is 10.6 Å². The van der Waals surface area contributed by atoms with Crippen LogP contribution in [0.25, 0.3) is 0 Å². The predicted octanol–water partition coefficient (Wildman–Crippen LogP) is 1.47. The normalized spacial score (nSPS) is 11.3. The number of methoxy groups -OCH3 is 1. The molecule has 0 fully saturated rings. The van der Waals surface area contributed by atoms with Crippen LogP contribution in [-0.2, 0) is 14.3 Å². The molecule has 1 atom stereocenters. The Balaban J connectivity index is 2.36. The van der Waals surface area contributed by atoms with E-state index in [4.69, 9.17) is 0 Å². The summed E-state index contributed by atoms with van der Waals surface area (Å²) >= 11 is 0. The molecule has 0 aliphatic heterocycles. The smallest absolute Gasteiger partial charge is 0.328 e. The molecule has 2 amide bonds. The maximum absolute atomic E-state index is 12.0. The van der Waals surface area contributed by atoms with E-state index in [9.17, 15) is 19.2 Å². The number of rotatable bonds is 9. The molecule has 25 heavy (non-hydrogen) atoms.